The summed E-state index contributed by atoms with van der Waals surface area (Å²) in [5.74, 6) is 0.169. The number of fused-ring (bicyclic) bond motifs is 1. The molecule has 1 aliphatic rings. The third-order valence-electron chi connectivity index (χ3n) is 3.20. The summed E-state index contributed by atoms with van der Waals surface area (Å²) in [5, 5.41) is 37.4. The molecule has 0 saturated carbocycles. The molecule has 114 valence electrons. The van der Waals surface area contributed by atoms with Gasteiger partial charge in [-0.3, -0.25) is 0 Å². The van der Waals surface area contributed by atoms with E-state index in [-0.39, 0.29) is 17.0 Å². The number of thioether (sulfide) groups is 1. The predicted molar refractivity (Wildman–Crippen MR) is 72.3 cm³/mol. The van der Waals surface area contributed by atoms with Crippen molar-refractivity contribution in [1.82, 2.24) is 25.0 Å². The van der Waals surface area contributed by atoms with Crippen molar-refractivity contribution in [2.45, 2.75) is 29.7 Å². The van der Waals surface area contributed by atoms with Gasteiger partial charge in [-0.1, -0.05) is 11.8 Å². The number of ether oxygens (including phenoxy) is 1. The molecule has 0 amide bonds. The van der Waals surface area contributed by atoms with Gasteiger partial charge in [-0.25, -0.2) is 4.98 Å². The van der Waals surface area contributed by atoms with Crippen molar-refractivity contribution >= 4 is 28.7 Å². The average Bonchev–Trinajstić information content (AvgIpc) is 3.02. The quantitative estimate of drug-likeness (QED) is 0.374. The Bertz CT molecular complexity index is 666. The molecule has 3 heterocycles. The minimum atomic E-state index is -1.27. The van der Waals surface area contributed by atoms with Crippen LogP contribution in [0.1, 0.15) is 6.23 Å². The van der Waals surface area contributed by atoms with E-state index in [1.54, 1.807) is 6.26 Å². The van der Waals surface area contributed by atoms with Crippen LogP contribution >= 0.6 is 11.8 Å². The van der Waals surface area contributed by atoms with Crippen LogP contribution < -0.4 is 5.73 Å². The first-order valence-electron chi connectivity index (χ1n) is 6.11. The highest BCUT2D eigenvalue weighted by Crippen LogP contribution is 2.29. The lowest BCUT2D eigenvalue weighted by molar-refractivity contribution is -0.0650. The molecule has 21 heavy (non-hydrogen) atoms. The van der Waals surface area contributed by atoms with Crippen LogP contribution in [-0.2, 0) is 4.74 Å². The van der Waals surface area contributed by atoms with Gasteiger partial charge in [0.15, 0.2) is 22.7 Å². The summed E-state index contributed by atoms with van der Waals surface area (Å²) in [7, 11) is 0. The van der Waals surface area contributed by atoms with Gasteiger partial charge in [0.05, 0.1) is 6.61 Å². The van der Waals surface area contributed by atoms with Crippen LogP contribution in [0.15, 0.2) is 5.16 Å². The van der Waals surface area contributed by atoms with Crippen LogP contribution in [-0.4, -0.2) is 71.5 Å². The average molecular weight is 314 g/mol. The normalized spacial score (nSPS) is 29.3. The highest BCUT2D eigenvalue weighted by Gasteiger charge is 2.44. The number of nitrogens with two attached hydrogens (primary N) is 1. The number of anilines is 1. The number of nitrogens with zero attached hydrogens (tertiary/aromatic N) is 5. The van der Waals surface area contributed by atoms with Gasteiger partial charge in [0, 0.05) is 0 Å². The fourth-order valence-corrected chi connectivity index (χ4v) is 2.47. The summed E-state index contributed by atoms with van der Waals surface area (Å²) in [6.07, 6.45) is -2.61. The molecule has 1 aliphatic heterocycles. The van der Waals surface area contributed by atoms with Gasteiger partial charge in [-0.15, -0.1) is 15.0 Å². The molecule has 2 aromatic heterocycles. The minimum absolute atomic E-state index is 0.169. The van der Waals surface area contributed by atoms with Crippen molar-refractivity contribution in [2.75, 3.05) is 18.6 Å². The second kappa shape index (κ2) is 5.35. The Morgan fingerprint density at radius 2 is 2.05 bits per heavy atom. The molecule has 0 bridgehead atoms. The van der Waals surface area contributed by atoms with Gasteiger partial charge in [0.25, 0.3) is 0 Å². The lowest BCUT2D eigenvalue weighted by Gasteiger charge is -2.12. The van der Waals surface area contributed by atoms with Crippen LogP contribution in [0.4, 0.5) is 5.82 Å². The topological polar surface area (TPSA) is 152 Å². The monoisotopic (exact) mass is 314 g/mol. The van der Waals surface area contributed by atoms with Crippen molar-refractivity contribution in [2.24, 2.45) is 0 Å². The number of rotatable bonds is 3. The Hall–Kier alpha value is -1.53. The smallest absolute Gasteiger partial charge is 0.208 e. The SMILES string of the molecule is CSc1nc(N)c2nn(C3O[C@H](CO)[C@@H](O)[C@H]3O)nc2n1. The molecule has 10 nitrogen and oxygen atoms in total. The van der Waals surface area contributed by atoms with E-state index in [2.05, 4.69) is 20.2 Å². The Morgan fingerprint density at radius 1 is 1.29 bits per heavy atom. The van der Waals surface area contributed by atoms with E-state index in [0.717, 1.165) is 4.80 Å². The summed E-state index contributed by atoms with van der Waals surface area (Å²) in [6.45, 7) is -0.423. The van der Waals surface area contributed by atoms with Crippen molar-refractivity contribution in [3.05, 3.63) is 0 Å². The molecule has 1 fully saturated rings. The molecule has 5 N–H and O–H groups in total. The first-order chi connectivity index (χ1) is 10.0. The summed E-state index contributed by atoms with van der Waals surface area (Å²) in [5.41, 5.74) is 6.34. The van der Waals surface area contributed by atoms with Crippen LogP contribution in [0.2, 0.25) is 0 Å². The molecule has 3 rings (SSSR count). The van der Waals surface area contributed by atoms with Crippen LogP contribution in [0.5, 0.6) is 0 Å². The van der Waals surface area contributed by atoms with Crippen molar-refractivity contribution in [1.29, 1.82) is 0 Å². The lowest BCUT2D eigenvalue weighted by Crippen LogP contribution is -2.33. The fourth-order valence-electron chi connectivity index (χ4n) is 2.10. The molecule has 0 spiro atoms. The largest absolute Gasteiger partial charge is 0.394 e. The summed E-state index contributed by atoms with van der Waals surface area (Å²) in [4.78, 5) is 9.29. The van der Waals surface area contributed by atoms with Crippen molar-refractivity contribution in [3.63, 3.8) is 0 Å². The van der Waals surface area contributed by atoms with Crippen molar-refractivity contribution in [3.8, 4) is 0 Å². The van der Waals surface area contributed by atoms with Gasteiger partial charge in [0.1, 0.15) is 18.3 Å². The Kier molecular flexibility index (Phi) is 3.67. The summed E-state index contributed by atoms with van der Waals surface area (Å²) < 4.78 is 5.34. The molecular weight excluding hydrogens is 300 g/mol. The van der Waals surface area contributed by atoms with Gasteiger partial charge in [-0.05, 0) is 6.26 Å². The van der Waals surface area contributed by atoms with Crippen LogP contribution in [0, 0.1) is 0 Å². The second-order valence-corrected chi connectivity index (χ2v) is 5.29. The van der Waals surface area contributed by atoms with E-state index in [0.29, 0.717) is 5.16 Å². The third-order valence-corrected chi connectivity index (χ3v) is 3.75. The lowest BCUT2D eigenvalue weighted by atomic mass is 10.1. The number of aromatic nitrogens is 5. The molecule has 0 radical (unpaired) electrons. The standard InChI is InChI=1S/C10H14N6O4S/c1-21-10-12-7(11)4-8(13-10)15-16(14-4)9-6(19)5(18)3(2-17)20-9/h3,5-6,9,17-19H,2H2,1H3,(H2,11,12,13,15)/t3-,5-,6-,9?/m1/s1. The molecule has 1 saturated heterocycles. The molecule has 11 heteroatoms. The first kappa shape index (κ1) is 14.4. The second-order valence-electron chi connectivity index (χ2n) is 4.52. The number of hydrogen-bond donors (Lipinski definition) is 4. The fraction of sp³-hybridized carbons (Fsp3) is 0.600. The van der Waals surface area contributed by atoms with Crippen molar-refractivity contribution < 1.29 is 20.1 Å². The maximum atomic E-state index is 9.95. The summed E-state index contributed by atoms with van der Waals surface area (Å²) in [6, 6.07) is 0. The molecule has 1 unspecified atom stereocenters. The highest BCUT2D eigenvalue weighted by atomic mass is 32.2. The number of aliphatic hydroxyl groups excluding tert-OH is 3. The third kappa shape index (κ3) is 2.32. The van der Waals surface area contributed by atoms with Gasteiger partial charge >= 0.3 is 0 Å². The van der Waals surface area contributed by atoms with Gasteiger partial charge in [0.2, 0.25) is 5.65 Å². The number of aliphatic hydroxyl groups is 3. The predicted octanol–water partition coefficient (Wildman–Crippen LogP) is -1.86. The van der Waals surface area contributed by atoms with Crippen LogP contribution in [0.3, 0.4) is 0 Å². The van der Waals surface area contributed by atoms with E-state index in [1.165, 1.54) is 11.8 Å². The Morgan fingerprint density at radius 3 is 2.67 bits per heavy atom. The minimum Gasteiger partial charge on any atom is -0.394 e. The van der Waals surface area contributed by atoms with E-state index >= 15 is 0 Å². The zero-order chi connectivity index (χ0) is 15.1. The maximum Gasteiger partial charge on any atom is 0.208 e. The Labute approximate surface area is 122 Å². The van der Waals surface area contributed by atoms with Gasteiger partial charge in [-0.2, -0.15) is 4.98 Å². The molecule has 0 aromatic carbocycles. The highest BCUT2D eigenvalue weighted by molar-refractivity contribution is 7.98. The van der Waals surface area contributed by atoms with Crippen LogP contribution in [0.25, 0.3) is 11.2 Å². The Balaban J connectivity index is 2.00. The number of hydrogen-bond acceptors (Lipinski definition) is 10. The molecule has 4 atom stereocenters. The molecule has 2 aromatic rings. The first-order valence-corrected chi connectivity index (χ1v) is 7.34. The van der Waals surface area contributed by atoms with E-state index in [1.807, 2.05) is 0 Å². The van der Waals surface area contributed by atoms with Gasteiger partial charge < -0.3 is 25.8 Å². The zero-order valence-corrected chi connectivity index (χ0v) is 11.8. The van der Waals surface area contributed by atoms with E-state index in [4.69, 9.17) is 15.6 Å². The molecule has 0 aliphatic carbocycles. The number of nitrogen functional groups attached to an aromatic ring is 1. The zero-order valence-electron chi connectivity index (χ0n) is 11.0. The summed E-state index contributed by atoms with van der Waals surface area (Å²) >= 11 is 1.31. The maximum absolute atomic E-state index is 9.95. The molecular formula is C10H14N6O4S. The van der Waals surface area contributed by atoms with E-state index < -0.39 is 31.1 Å². The van der Waals surface area contributed by atoms with E-state index in [9.17, 15) is 10.2 Å².